The van der Waals surface area contributed by atoms with E-state index in [1.807, 2.05) is 42.2 Å². The summed E-state index contributed by atoms with van der Waals surface area (Å²) in [4.78, 5) is 35.5. The molecule has 0 spiro atoms. The van der Waals surface area contributed by atoms with E-state index >= 15 is 0 Å². The number of aliphatic hydroxyl groups is 2. The monoisotopic (exact) mass is 562 g/mol. The fraction of sp³-hybridized carbons (Fsp3) is 0.469. The highest BCUT2D eigenvalue weighted by Crippen LogP contribution is 2.33. The van der Waals surface area contributed by atoms with Gasteiger partial charge in [0.2, 0.25) is 5.91 Å². The number of fused-ring (bicyclic) bond motifs is 1. The summed E-state index contributed by atoms with van der Waals surface area (Å²) in [6.07, 6.45) is 4.71. The normalized spacial score (nSPS) is 18.4. The maximum absolute atomic E-state index is 14.6. The van der Waals surface area contributed by atoms with Crippen molar-refractivity contribution in [2.45, 2.75) is 57.7 Å². The highest BCUT2D eigenvalue weighted by molar-refractivity contribution is 6.09. The van der Waals surface area contributed by atoms with Crippen molar-refractivity contribution in [3.8, 4) is 11.3 Å². The minimum Gasteiger partial charge on any atom is -0.394 e. The van der Waals surface area contributed by atoms with Crippen LogP contribution in [0.5, 0.6) is 0 Å². The third-order valence-electron chi connectivity index (χ3n) is 8.46. The molecule has 2 aliphatic rings. The molecule has 8 nitrogen and oxygen atoms in total. The van der Waals surface area contributed by atoms with Gasteiger partial charge < -0.3 is 20.4 Å². The molecule has 2 atom stereocenters. The Bertz CT molecular complexity index is 1380. The summed E-state index contributed by atoms with van der Waals surface area (Å²) in [5.41, 5.74) is 3.04. The van der Waals surface area contributed by atoms with Gasteiger partial charge in [0.25, 0.3) is 5.91 Å². The first-order valence-corrected chi connectivity index (χ1v) is 14.6. The van der Waals surface area contributed by atoms with Crippen molar-refractivity contribution in [2.24, 2.45) is 5.92 Å². The van der Waals surface area contributed by atoms with E-state index in [4.69, 9.17) is 4.98 Å². The van der Waals surface area contributed by atoms with Gasteiger partial charge in [0.15, 0.2) is 0 Å². The average Bonchev–Trinajstić information content (AvgIpc) is 2.98. The second-order valence-electron chi connectivity index (χ2n) is 11.4. The highest BCUT2D eigenvalue weighted by Gasteiger charge is 2.30. The van der Waals surface area contributed by atoms with Crippen LogP contribution in [0.25, 0.3) is 22.2 Å². The molecule has 1 saturated heterocycles. The van der Waals surface area contributed by atoms with Crippen LogP contribution in [0.2, 0.25) is 0 Å². The van der Waals surface area contributed by atoms with E-state index in [1.54, 1.807) is 11.0 Å². The number of carbonyl (C=O) groups excluding carboxylic acids is 2. The van der Waals surface area contributed by atoms with Gasteiger partial charge >= 0.3 is 0 Å². The molecule has 41 heavy (non-hydrogen) atoms. The van der Waals surface area contributed by atoms with Crippen LogP contribution < -0.4 is 5.32 Å². The van der Waals surface area contributed by atoms with Gasteiger partial charge in [-0.25, -0.2) is 9.37 Å². The number of halogens is 1. The van der Waals surface area contributed by atoms with Gasteiger partial charge in [-0.05, 0) is 43.9 Å². The van der Waals surface area contributed by atoms with Gasteiger partial charge in [-0.15, -0.1) is 0 Å². The van der Waals surface area contributed by atoms with Crippen LogP contribution in [0.3, 0.4) is 0 Å². The van der Waals surface area contributed by atoms with Crippen LogP contribution in [0, 0.1) is 11.7 Å². The van der Waals surface area contributed by atoms with Crippen molar-refractivity contribution in [3.05, 3.63) is 65.5 Å². The number of piperazine rings is 1. The zero-order chi connectivity index (χ0) is 28.9. The van der Waals surface area contributed by atoms with Crippen molar-refractivity contribution in [1.29, 1.82) is 0 Å². The molecule has 0 bridgehead atoms. The third kappa shape index (κ3) is 6.74. The maximum Gasteiger partial charge on any atom is 0.252 e. The molecule has 2 aromatic carbocycles. The number of hydrogen-bond acceptors (Lipinski definition) is 6. The summed E-state index contributed by atoms with van der Waals surface area (Å²) in [5, 5.41) is 22.7. The molecule has 1 aliphatic carbocycles. The van der Waals surface area contributed by atoms with Crippen LogP contribution in [0.1, 0.15) is 54.9 Å². The molecule has 2 fully saturated rings. The number of rotatable bonds is 9. The molecule has 1 saturated carbocycles. The van der Waals surface area contributed by atoms with Gasteiger partial charge in [-0.2, -0.15) is 0 Å². The Morgan fingerprint density at radius 3 is 2.59 bits per heavy atom. The van der Waals surface area contributed by atoms with Crippen molar-refractivity contribution < 1.29 is 24.2 Å². The second kappa shape index (κ2) is 13.1. The number of benzene rings is 2. The van der Waals surface area contributed by atoms with Gasteiger partial charge in [0.05, 0.1) is 36.0 Å². The van der Waals surface area contributed by atoms with E-state index in [-0.39, 0.29) is 37.5 Å². The molecule has 2 heterocycles. The molecule has 1 aliphatic heterocycles. The number of β-amino-alcohol motifs (C(OH)–C–C–N with tert-alkyl or cyclic N) is 1. The summed E-state index contributed by atoms with van der Waals surface area (Å²) in [5.74, 6) is -0.473. The molecule has 0 radical (unpaired) electrons. The van der Waals surface area contributed by atoms with E-state index in [2.05, 4.69) is 5.32 Å². The number of nitrogens with zero attached hydrogens (tertiary/aromatic N) is 3. The van der Waals surface area contributed by atoms with Gasteiger partial charge in [-0.3, -0.25) is 14.5 Å². The average molecular weight is 563 g/mol. The Morgan fingerprint density at radius 1 is 1.12 bits per heavy atom. The van der Waals surface area contributed by atoms with E-state index in [9.17, 15) is 24.2 Å². The Labute approximate surface area is 240 Å². The smallest absolute Gasteiger partial charge is 0.252 e. The lowest BCUT2D eigenvalue weighted by atomic mass is 9.84. The summed E-state index contributed by atoms with van der Waals surface area (Å²) in [7, 11) is 0. The van der Waals surface area contributed by atoms with Crippen LogP contribution >= 0.6 is 0 Å². The molecule has 3 N–H and O–H groups in total. The summed E-state index contributed by atoms with van der Waals surface area (Å²) >= 11 is 0. The number of nitrogens with one attached hydrogen (secondary N) is 1. The van der Waals surface area contributed by atoms with E-state index in [1.165, 1.54) is 18.6 Å². The van der Waals surface area contributed by atoms with E-state index in [0.717, 1.165) is 31.2 Å². The largest absolute Gasteiger partial charge is 0.394 e. The first-order chi connectivity index (χ1) is 19.8. The topological polar surface area (TPSA) is 106 Å². The molecule has 3 aromatic rings. The van der Waals surface area contributed by atoms with Crippen LogP contribution in [-0.2, 0) is 11.3 Å². The molecule has 0 unspecified atom stereocenters. The van der Waals surface area contributed by atoms with Crippen molar-refractivity contribution >= 4 is 22.7 Å². The first-order valence-electron chi connectivity index (χ1n) is 14.6. The quantitative estimate of drug-likeness (QED) is 0.367. The fourth-order valence-electron chi connectivity index (χ4n) is 6.17. The summed E-state index contributed by atoms with van der Waals surface area (Å²) < 4.78 is 14.6. The first kappa shape index (κ1) is 29.1. The Hall–Kier alpha value is -3.40. The number of aromatic nitrogens is 1. The number of pyridine rings is 1. The maximum atomic E-state index is 14.6. The van der Waals surface area contributed by atoms with Crippen molar-refractivity contribution in [1.82, 2.24) is 20.1 Å². The van der Waals surface area contributed by atoms with Gasteiger partial charge in [0.1, 0.15) is 5.82 Å². The molecular formula is C32H39FN4O4. The van der Waals surface area contributed by atoms with Crippen molar-refractivity contribution in [3.63, 3.8) is 0 Å². The molecule has 9 heteroatoms. The lowest BCUT2D eigenvalue weighted by Gasteiger charge is -2.35. The number of carbonyl (C=O) groups is 2. The molecule has 5 rings (SSSR count). The molecule has 2 amide bonds. The Kier molecular flexibility index (Phi) is 9.27. The summed E-state index contributed by atoms with van der Waals surface area (Å²) in [6.45, 7) is 2.96. The molecule has 218 valence electrons. The second-order valence-corrected chi connectivity index (χ2v) is 11.4. The fourth-order valence-corrected chi connectivity index (χ4v) is 6.17. The van der Waals surface area contributed by atoms with E-state index < -0.39 is 18.5 Å². The summed E-state index contributed by atoms with van der Waals surface area (Å²) in [6, 6.07) is 13.9. The Balaban J connectivity index is 1.55. The lowest BCUT2D eigenvalue weighted by molar-refractivity contribution is -0.138. The van der Waals surface area contributed by atoms with E-state index in [0.29, 0.717) is 46.7 Å². The lowest BCUT2D eigenvalue weighted by Crippen LogP contribution is -2.52. The Morgan fingerprint density at radius 2 is 1.88 bits per heavy atom. The van der Waals surface area contributed by atoms with Crippen molar-refractivity contribution in [2.75, 3.05) is 32.8 Å². The minimum absolute atomic E-state index is 0.0318. The predicted octanol–water partition coefficient (Wildman–Crippen LogP) is 3.74. The number of hydrogen-bond donors (Lipinski definition) is 3. The highest BCUT2D eigenvalue weighted by atomic mass is 19.1. The molecular weight excluding hydrogens is 523 g/mol. The van der Waals surface area contributed by atoms with Crippen LogP contribution in [-0.4, -0.2) is 81.7 Å². The van der Waals surface area contributed by atoms with Crippen LogP contribution in [0.15, 0.2) is 48.5 Å². The zero-order valence-corrected chi connectivity index (χ0v) is 23.6. The SMILES string of the molecule is C[C@H](NC(=O)c1c(CN2CCN(C[C@H](O)CO)C(=O)C2)c(-c2ccccc2)nc2ccc(F)cc12)C1CCCCC1. The standard InChI is InChI=1S/C32H39FN4O4/c1-21(22-8-4-2-5-9-22)34-32(41)30-26-16-24(33)12-13-28(26)35-31(23-10-6-3-7-11-23)27(30)18-36-14-15-37(29(40)19-36)17-25(39)20-38/h3,6-7,10-13,16,21-22,25,38-39H,2,4-5,8-9,14-15,17-20H2,1H3,(H,34,41)/t21-,25-/m0/s1. The molecule has 1 aromatic heterocycles. The number of aliphatic hydroxyl groups excluding tert-OH is 2. The predicted molar refractivity (Wildman–Crippen MR) is 156 cm³/mol. The van der Waals surface area contributed by atoms with Gasteiger partial charge in [0, 0.05) is 48.7 Å². The van der Waals surface area contributed by atoms with Gasteiger partial charge in [-0.1, -0.05) is 49.6 Å². The zero-order valence-electron chi connectivity index (χ0n) is 23.6. The minimum atomic E-state index is -0.990. The number of amides is 2. The third-order valence-corrected chi connectivity index (χ3v) is 8.46. The van der Waals surface area contributed by atoms with Crippen LogP contribution in [0.4, 0.5) is 4.39 Å².